The van der Waals surface area contributed by atoms with Crippen LogP contribution in [0.3, 0.4) is 0 Å². The van der Waals surface area contributed by atoms with E-state index in [1.54, 1.807) is 37.6 Å². The number of fused-ring (bicyclic) bond motifs is 1. The van der Waals surface area contributed by atoms with Gasteiger partial charge in [0, 0.05) is 16.5 Å². The van der Waals surface area contributed by atoms with E-state index in [1.807, 2.05) is 24.3 Å². The number of nitrogens with zero attached hydrogens (tertiary/aromatic N) is 1. The van der Waals surface area contributed by atoms with Crippen molar-refractivity contribution in [2.75, 3.05) is 19.0 Å². The van der Waals surface area contributed by atoms with Crippen molar-refractivity contribution in [3.8, 4) is 11.5 Å². The largest absolute Gasteiger partial charge is 0.497 e. The van der Waals surface area contributed by atoms with Crippen LogP contribution in [0.15, 0.2) is 54.7 Å². The molecular formula is C18H15ClN2O3. The van der Waals surface area contributed by atoms with Gasteiger partial charge in [-0.1, -0.05) is 11.6 Å². The average molecular weight is 343 g/mol. The number of methoxy groups -OCH3 is 1. The number of carbonyl (C=O) groups is 1. The van der Waals surface area contributed by atoms with Crippen LogP contribution in [0.25, 0.3) is 10.9 Å². The molecule has 3 aromatic rings. The smallest absolute Gasteiger partial charge is 0.262 e. The van der Waals surface area contributed by atoms with E-state index in [0.29, 0.717) is 16.5 Å². The minimum absolute atomic E-state index is 0.0950. The number of pyridine rings is 1. The summed E-state index contributed by atoms with van der Waals surface area (Å²) in [5, 5.41) is 4.29. The van der Waals surface area contributed by atoms with Crippen molar-refractivity contribution in [2.45, 2.75) is 0 Å². The van der Waals surface area contributed by atoms with Gasteiger partial charge in [0.25, 0.3) is 5.91 Å². The Kier molecular flexibility index (Phi) is 4.82. The highest BCUT2D eigenvalue weighted by Crippen LogP contribution is 2.21. The van der Waals surface area contributed by atoms with Crippen LogP contribution in [-0.2, 0) is 4.79 Å². The molecular weight excluding hydrogens is 328 g/mol. The summed E-state index contributed by atoms with van der Waals surface area (Å²) in [6, 6.07) is 14.3. The molecule has 0 unspecified atom stereocenters. The van der Waals surface area contributed by atoms with E-state index in [-0.39, 0.29) is 12.5 Å². The summed E-state index contributed by atoms with van der Waals surface area (Å²) in [5.74, 6) is 1.06. The number of ether oxygens (including phenoxy) is 2. The maximum absolute atomic E-state index is 12.0. The minimum atomic E-state index is -0.264. The number of nitrogens with one attached hydrogen (secondary N) is 1. The second-order valence-electron chi connectivity index (χ2n) is 5.07. The number of benzene rings is 2. The molecule has 0 radical (unpaired) electrons. The molecule has 0 fully saturated rings. The van der Waals surface area contributed by atoms with Gasteiger partial charge >= 0.3 is 0 Å². The van der Waals surface area contributed by atoms with Crippen molar-refractivity contribution in [1.82, 2.24) is 4.98 Å². The molecule has 0 saturated carbocycles. The molecule has 0 atom stereocenters. The molecule has 3 rings (SSSR count). The SMILES string of the molecule is COc1ccc2cc(NC(=O)COc3ccc(Cl)cc3)cnc2c1. The highest BCUT2D eigenvalue weighted by atomic mass is 35.5. The fourth-order valence-corrected chi connectivity index (χ4v) is 2.30. The van der Waals surface area contributed by atoms with Gasteiger partial charge in [0.05, 0.1) is 24.5 Å². The third kappa shape index (κ3) is 3.94. The van der Waals surface area contributed by atoms with Crippen molar-refractivity contribution in [2.24, 2.45) is 0 Å². The summed E-state index contributed by atoms with van der Waals surface area (Å²) in [6.45, 7) is -0.0950. The maximum Gasteiger partial charge on any atom is 0.262 e. The first-order valence-corrected chi connectivity index (χ1v) is 7.64. The Morgan fingerprint density at radius 3 is 2.62 bits per heavy atom. The number of halogens is 1. The van der Waals surface area contributed by atoms with Gasteiger partial charge < -0.3 is 14.8 Å². The molecule has 0 aliphatic heterocycles. The molecule has 1 N–H and O–H groups in total. The normalized spacial score (nSPS) is 10.4. The van der Waals surface area contributed by atoms with Gasteiger partial charge in [0.2, 0.25) is 0 Å². The van der Waals surface area contributed by atoms with E-state index in [9.17, 15) is 4.79 Å². The minimum Gasteiger partial charge on any atom is -0.497 e. The van der Waals surface area contributed by atoms with Crippen molar-refractivity contribution >= 4 is 34.1 Å². The molecule has 1 aromatic heterocycles. The van der Waals surface area contributed by atoms with Crippen LogP contribution in [0.5, 0.6) is 11.5 Å². The zero-order valence-corrected chi connectivity index (χ0v) is 13.7. The molecule has 0 bridgehead atoms. The summed E-state index contributed by atoms with van der Waals surface area (Å²) in [5.41, 5.74) is 1.40. The van der Waals surface area contributed by atoms with E-state index in [0.717, 1.165) is 16.7 Å². The Morgan fingerprint density at radius 2 is 1.88 bits per heavy atom. The van der Waals surface area contributed by atoms with E-state index in [4.69, 9.17) is 21.1 Å². The van der Waals surface area contributed by atoms with Crippen LogP contribution >= 0.6 is 11.6 Å². The zero-order chi connectivity index (χ0) is 16.9. The first-order chi connectivity index (χ1) is 11.6. The fraction of sp³-hybridized carbons (Fsp3) is 0.111. The van der Waals surface area contributed by atoms with Gasteiger partial charge in [-0.15, -0.1) is 0 Å². The van der Waals surface area contributed by atoms with Crippen LogP contribution in [0, 0.1) is 0 Å². The highest BCUT2D eigenvalue weighted by Gasteiger charge is 2.06. The maximum atomic E-state index is 12.0. The molecule has 0 aliphatic carbocycles. The Bertz CT molecular complexity index is 866. The monoisotopic (exact) mass is 342 g/mol. The predicted octanol–water partition coefficient (Wildman–Crippen LogP) is 3.91. The van der Waals surface area contributed by atoms with Crippen LogP contribution in [-0.4, -0.2) is 24.6 Å². The van der Waals surface area contributed by atoms with Crippen molar-refractivity contribution in [3.63, 3.8) is 0 Å². The molecule has 122 valence electrons. The van der Waals surface area contributed by atoms with E-state index >= 15 is 0 Å². The summed E-state index contributed by atoms with van der Waals surface area (Å²) >= 11 is 5.80. The third-order valence-corrected chi connectivity index (χ3v) is 3.61. The molecule has 5 nitrogen and oxygen atoms in total. The van der Waals surface area contributed by atoms with Crippen LogP contribution in [0.2, 0.25) is 5.02 Å². The zero-order valence-electron chi connectivity index (χ0n) is 13.0. The number of anilines is 1. The van der Waals surface area contributed by atoms with E-state index < -0.39 is 0 Å². The number of amides is 1. The van der Waals surface area contributed by atoms with Crippen molar-refractivity contribution in [3.05, 3.63) is 59.8 Å². The van der Waals surface area contributed by atoms with Gasteiger partial charge in [-0.3, -0.25) is 9.78 Å². The first kappa shape index (κ1) is 16.1. The molecule has 2 aromatic carbocycles. The van der Waals surface area contributed by atoms with Crippen molar-refractivity contribution in [1.29, 1.82) is 0 Å². The topological polar surface area (TPSA) is 60.5 Å². The highest BCUT2D eigenvalue weighted by molar-refractivity contribution is 6.30. The Balaban J connectivity index is 1.63. The number of rotatable bonds is 5. The Hall–Kier alpha value is -2.79. The second-order valence-corrected chi connectivity index (χ2v) is 5.51. The molecule has 24 heavy (non-hydrogen) atoms. The van der Waals surface area contributed by atoms with Gasteiger partial charge in [-0.2, -0.15) is 0 Å². The molecule has 0 saturated heterocycles. The third-order valence-electron chi connectivity index (χ3n) is 3.36. The summed E-state index contributed by atoms with van der Waals surface area (Å²) in [6.07, 6.45) is 1.60. The molecule has 0 aliphatic rings. The lowest BCUT2D eigenvalue weighted by Crippen LogP contribution is -2.20. The molecule has 0 spiro atoms. The quantitative estimate of drug-likeness (QED) is 0.763. The lowest BCUT2D eigenvalue weighted by Gasteiger charge is -2.08. The molecule has 6 heteroatoms. The second kappa shape index (κ2) is 7.19. The van der Waals surface area contributed by atoms with Gasteiger partial charge in [-0.05, 0) is 42.5 Å². The number of aromatic nitrogens is 1. The van der Waals surface area contributed by atoms with E-state index in [1.165, 1.54) is 0 Å². The van der Waals surface area contributed by atoms with Gasteiger partial charge in [0.1, 0.15) is 11.5 Å². The predicted molar refractivity (Wildman–Crippen MR) is 93.9 cm³/mol. The lowest BCUT2D eigenvalue weighted by molar-refractivity contribution is -0.118. The van der Waals surface area contributed by atoms with Crippen LogP contribution in [0.1, 0.15) is 0 Å². The number of hydrogen-bond donors (Lipinski definition) is 1. The summed E-state index contributed by atoms with van der Waals surface area (Å²) in [4.78, 5) is 16.3. The fourth-order valence-electron chi connectivity index (χ4n) is 2.17. The number of carbonyl (C=O) groups excluding carboxylic acids is 1. The van der Waals surface area contributed by atoms with Crippen LogP contribution in [0.4, 0.5) is 5.69 Å². The van der Waals surface area contributed by atoms with E-state index in [2.05, 4.69) is 10.3 Å². The first-order valence-electron chi connectivity index (χ1n) is 7.26. The molecule has 1 heterocycles. The average Bonchev–Trinajstić information content (AvgIpc) is 2.61. The molecule has 1 amide bonds. The lowest BCUT2D eigenvalue weighted by atomic mass is 10.2. The van der Waals surface area contributed by atoms with Gasteiger partial charge in [0.15, 0.2) is 6.61 Å². The van der Waals surface area contributed by atoms with Crippen LogP contribution < -0.4 is 14.8 Å². The van der Waals surface area contributed by atoms with Crippen molar-refractivity contribution < 1.29 is 14.3 Å². The summed E-state index contributed by atoms with van der Waals surface area (Å²) in [7, 11) is 1.61. The Morgan fingerprint density at radius 1 is 1.12 bits per heavy atom. The Labute approximate surface area is 144 Å². The standard InChI is InChI=1S/C18H15ClN2O3/c1-23-16-5-2-12-8-14(10-20-17(12)9-16)21-18(22)11-24-15-6-3-13(19)4-7-15/h2-10H,11H2,1H3,(H,21,22). The summed E-state index contributed by atoms with van der Waals surface area (Å²) < 4.78 is 10.6. The van der Waals surface area contributed by atoms with Gasteiger partial charge in [-0.25, -0.2) is 0 Å². The number of hydrogen-bond acceptors (Lipinski definition) is 4.